The van der Waals surface area contributed by atoms with Gasteiger partial charge in [-0.05, 0) is 36.6 Å². The minimum absolute atomic E-state index is 0.336. The van der Waals surface area contributed by atoms with Crippen molar-refractivity contribution in [3.05, 3.63) is 65.7 Å². The number of nitrogens with one attached hydrogen (secondary N) is 1. The van der Waals surface area contributed by atoms with E-state index in [2.05, 4.69) is 67.7 Å². The molecule has 0 aliphatic carbocycles. The lowest BCUT2D eigenvalue weighted by molar-refractivity contribution is 0.876. The van der Waals surface area contributed by atoms with Gasteiger partial charge in [0.1, 0.15) is 0 Å². The van der Waals surface area contributed by atoms with Crippen LogP contribution < -0.4 is 5.32 Å². The van der Waals surface area contributed by atoms with E-state index in [9.17, 15) is 0 Å². The smallest absolute Gasteiger partial charge is 0.0485 e. The Balaban J connectivity index is 2.02. The molecule has 0 bridgehead atoms. The van der Waals surface area contributed by atoms with Gasteiger partial charge in [0.05, 0.1) is 0 Å². The molecular weight excluding hydrogens is 218 g/mol. The van der Waals surface area contributed by atoms with Crippen molar-refractivity contribution < 1.29 is 0 Å². The van der Waals surface area contributed by atoms with E-state index in [-0.39, 0.29) is 0 Å². The second kappa shape index (κ2) is 6.25. The molecule has 18 heavy (non-hydrogen) atoms. The Hall–Kier alpha value is -1.76. The molecule has 94 valence electrons. The minimum Gasteiger partial charge on any atom is -0.379 e. The summed E-state index contributed by atoms with van der Waals surface area (Å²) in [6.45, 7) is 4.41. The van der Waals surface area contributed by atoms with Gasteiger partial charge >= 0.3 is 0 Å². The van der Waals surface area contributed by atoms with Crippen LogP contribution in [0.4, 0.5) is 5.69 Å². The fourth-order valence-electron chi connectivity index (χ4n) is 2.13. The van der Waals surface area contributed by atoms with E-state index in [1.807, 2.05) is 6.07 Å². The molecule has 2 rings (SSSR count). The average molecular weight is 239 g/mol. The molecule has 1 unspecified atom stereocenters. The first-order valence-corrected chi connectivity index (χ1v) is 6.70. The number of hydrogen-bond donors (Lipinski definition) is 1. The molecule has 1 N–H and O–H groups in total. The van der Waals surface area contributed by atoms with Crippen LogP contribution in [0.5, 0.6) is 0 Å². The summed E-state index contributed by atoms with van der Waals surface area (Å²) >= 11 is 0. The summed E-state index contributed by atoms with van der Waals surface area (Å²) in [6, 6.07) is 19.6. The summed E-state index contributed by atoms with van der Waals surface area (Å²) in [5.41, 5.74) is 3.93. The van der Waals surface area contributed by atoms with E-state index in [0.29, 0.717) is 6.04 Å². The van der Waals surface area contributed by atoms with Crippen LogP contribution in [0.15, 0.2) is 54.6 Å². The standard InChI is InChI=1S/C17H21N/c1-3-7-15-10-12-16(13-11-15)14(2)18-17-8-5-4-6-9-17/h4-6,8-14,18H,3,7H2,1-2H3. The first kappa shape index (κ1) is 12.7. The lowest BCUT2D eigenvalue weighted by atomic mass is 10.0. The van der Waals surface area contributed by atoms with Gasteiger partial charge in [-0.15, -0.1) is 0 Å². The Morgan fingerprint density at radius 3 is 2.22 bits per heavy atom. The summed E-state index contributed by atoms with van der Waals surface area (Å²) in [5, 5.41) is 3.51. The van der Waals surface area contributed by atoms with E-state index in [4.69, 9.17) is 0 Å². The van der Waals surface area contributed by atoms with Crippen molar-refractivity contribution in [1.82, 2.24) is 0 Å². The van der Waals surface area contributed by atoms with Crippen molar-refractivity contribution in [2.45, 2.75) is 32.7 Å². The van der Waals surface area contributed by atoms with E-state index in [1.54, 1.807) is 0 Å². The number of benzene rings is 2. The number of para-hydroxylation sites is 1. The van der Waals surface area contributed by atoms with Gasteiger partial charge in [-0.3, -0.25) is 0 Å². The molecule has 0 saturated heterocycles. The number of hydrogen-bond acceptors (Lipinski definition) is 1. The second-order valence-electron chi connectivity index (χ2n) is 4.72. The Morgan fingerprint density at radius 2 is 1.61 bits per heavy atom. The highest BCUT2D eigenvalue weighted by atomic mass is 14.9. The summed E-state index contributed by atoms with van der Waals surface area (Å²) in [7, 11) is 0. The maximum Gasteiger partial charge on any atom is 0.0485 e. The SMILES string of the molecule is CCCc1ccc(C(C)Nc2ccccc2)cc1. The lowest BCUT2D eigenvalue weighted by Crippen LogP contribution is -2.06. The maximum absolute atomic E-state index is 3.51. The first-order valence-electron chi connectivity index (χ1n) is 6.70. The fourth-order valence-corrected chi connectivity index (χ4v) is 2.13. The van der Waals surface area contributed by atoms with E-state index < -0.39 is 0 Å². The molecule has 1 atom stereocenters. The van der Waals surface area contributed by atoms with Gasteiger partial charge in [0.15, 0.2) is 0 Å². The van der Waals surface area contributed by atoms with Gasteiger partial charge in [-0.25, -0.2) is 0 Å². The van der Waals surface area contributed by atoms with Crippen LogP contribution in [0.2, 0.25) is 0 Å². The van der Waals surface area contributed by atoms with E-state index in [1.165, 1.54) is 29.7 Å². The molecule has 2 aromatic carbocycles. The van der Waals surface area contributed by atoms with Gasteiger partial charge in [-0.2, -0.15) is 0 Å². The molecular formula is C17H21N. The molecule has 1 heteroatoms. The molecule has 0 aliphatic rings. The van der Waals surface area contributed by atoms with Crippen LogP contribution in [0, 0.1) is 0 Å². The normalized spacial score (nSPS) is 12.1. The fraction of sp³-hybridized carbons (Fsp3) is 0.294. The highest BCUT2D eigenvalue weighted by Crippen LogP contribution is 2.19. The summed E-state index contributed by atoms with van der Waals surface area (Å²) in [6.07, 6.45) is 2.37. The predicted molar refractivity (Wildman–Crippen MR) is 78.9 cm³/mol. The third-order valence-electron chi connectivity index (χ3n) is 3.18. The zero-order valence-corrected chi connectivity index (χ0v) is 11.2. The average Bonchev–Trinajstić information content (AvgIpc) is 2.41. The van der Waals surface area contributed by atoms with Crippen molar-refractivity contribution in [3.8, 4) is 0 Å². The van der Waals surface area contributed by atoms with Crippen molar-refractivity contribution in [1.29, 1.82) is 0 Å². The largest absolute Gasteiger partial charge is 0.379 e. The van der Waals surface area contributed by atoms with E-state index >= 15 is 0 Å². The Labute approximate surface area is 110 Å². The quantitative estimate of drug-likeness (QED) is 0.789. The minimum atomic E-state index is 0.336. The van der Waals surface area contributed by atoms with Gasteiger partial charge in [0, 0.05) is 11.7 Å². The zero-order chi connectivity index (χ0) is 12.8. The molecule has 0 aliphatic heterocycles. The van der Waals surface area contributed by atoms with Crippen LogP contribution in [0.25, 0.3) is 0 Å². The van der Waals surface area contributed by atoms with Gasteiger partial charge in [-0.1, -0.05) is 55.8 Å². The lowest BCUT2D eigenvalue weighted by Gasteiger charge is -2.16. The first-order chi connectivity index (χ1) is 8.79. The second-order valence-corrected chi connectivity index (χ2v) is 4.72. The van der Waals surface area contributed by atoms with Gasteiger partial charge in [0.2, 0.25) is 0 Å². The van der Waals surface area contributed by atoms with Crippen molar-refractivity contribution in [2.75, 3.05) is 5.32 Å². The van der Waals surface area contributed by atoms with Crippen LogP contribution >= 0.6 is 0 Å². The van der Waals surface area contributed by atoms with Crippen LogP contribution in [-0.2, 0) is 6.42 Å². The number of aryl methyl sites for hydroxylation is 1. The maximum atomic E-state index is 3.51. The van der Waals surface area contributed by atoms with Gasteiger partial charge in [0.25, 0.3) is 0 Å². The van der Waals surface area contributed by atoms with Crippen molar-refractivity contribution in [3.63, 3.8) is 0 Å². The van der Waals surface area contributed by atoms with Gasteiger partial charge < -0.3 is 5.32 Å². The third-order valence-corrected chi connectivity index (χ3v) is 3.18. The monoisotopic (exact) mass is 239 g/mol. The van der Waals surface area contributed by atoms with Crippen molar-refractivity contribution >= 4 is 5.69 Å². The summed E-state index contributed by atoms with van der Waals surface area (Å²) in [4.78, 5) is 0. The Bertz CT molecular complexity index is 459. The molecule has 0 aromatic heterocycles. The number of anilines is 1. The highest BCUT2D eigenvalue weighted by molar-refractivity contribution is 5.45. The molecule has 0 amide bonds. The Kier molecular flexibility index (Phi) is 4.40. The van der Waals surface area contributed by atoms with Crippen LogP contribution in [0.3, 0.4) is 0 Å². The molecule has 0 spiro atoms. The summed E-state index contributed by atoms with van der Waals surface area (Å²) in [5.74, 6) is 0. The highest BCUT2D eigenvalue weighted by Gasteiger charge is 2.04. The van der Waals surface area contributed by atoms with Crippen molar-refractivity contribution in [2.24, 2.45) is 0 Å². The predicted octanol–water partition coefficient (Wildman–Crippen LogP) is 4.81. The molecule has 0 radical (unpaired) electrons. The molecule has 2 aromatic rings. The van der Waals surface area contributed by atoms with E-state index in [0.717, 1.165) is 0 Å². The summed E-state index contributed by atoms with van der Waals surface area (Å²) < 4.78 is 0. The Morgan fingerprint density at radius 1 is 0.944 bits per heavy atom. The topological polar surface area (TPSA) is 12.0 Å². The number of rotatable bonds is 5. The molecule has 0 saturated carbocycles. The molecule has 0 heterocycles. The van der Waals surface area contributed by atoms with Crippen LogP contribution in [0.1, 0.15) is 37.4 Å². The zero-order valence-electron chi connectivity index (χ0n) is 11.2. The third kappa shape index (κ3) is 3.36. The molecule has 1 nitrogen and oxygen atoms in total. The van der Waals surface area contributed by atoms with Crippen LogP contribution in [-0.4, -0.2) is 0 Å². The molecule has 0 fully saturated rings.